The van der Waals surface area contributed by atoms with Gasteiger partial charge in [0, 0.05) is 13.2 Å². The van der Waals surface area contributed by atoms with Crippen LogP contribution in [0, 0.1) is 0 Å². The third-order valence-corrected chi connectivity index (χ3v) is 2.64. The minimum Gasteiger partial charge on any atom is -0.437 e. The smallest absolute Gasteiger partial charge is 0.232 e. The summed E-state index contributed by atoms with van der Waals surface area (Å²) in [7, 11) is 1.78. The molecule has 5 nitrogen and oxygen atoms in total. The molecule has 94 valence electrons. The van der Waals surface area contributed by atoms with Crippen molar-refractivity contribution in [2.24, 2.45) is 0 Å². The van der Waals surface area contributed by atoms with E-state index >= 15 is 0 Å². The van der Waals surface area contributed by atoms with E-state index in [4.69, 9.17) is 4.74 Å². The predicted molar refractivity (Wildman–Crippen MR) is 73.4 cm³/mol. The molecule has 0 saturated carbocycles. The van der Waals surface area contributed by atoms with Crippen LogP contribution in [0.2, 0.25) is 0 Å². The van der Waals surface area contributed by atoms with E-state index in [0.29, 0.717) is 17.6 Å². The van der Waals surface area contributed by atoms with Crippen LogP contribution in [0.3, 0.4) is 0 Å². The van der Waals surface area contributed by atoms with Crippen molar-refractivity contribution in [1.29, 1.82) is 0 Å². The number of aromatic nitrogens is 3. The highest BCUT2D eigenvalue weighted by Crippen LogP contribution is 2.27. The highest BCUT2D eigenvalue weighted by atomic mass is 16.5. The van der Waals surface area contributed by atoms with Crippen LogP contribution < -0.4 is 10.1 Å². The number of benzene rings is 1. The Hall–Kier alpha value is -2.69. The molecule has 0 aliphatic heterocycles. The van der Waals surface area contributed by atoms with Crippen LogP contribution in [0.25, 0.3) is 10.9 Å². The van der Waals surface area contributed by atoms with Crippen LogP contribution in [-0.4, -0.2) is 22.0 Å². The summed E-state index contributed by atoms with van der Waals surface area (Å²) in [6.07, 6.45) is 3.35. The van der Waals surface area contributed by atoms with Crippen LogP contribution in [0.4, 0.5) is 5.95 Å². The Morgan fingerprint density at radius 3 is 2.74 bits per heavy atom. The first-order valence-corrected chi connectivity index (χ1v) is 5.89. The molecule has 1 N–H and O–H groups in total. The van der Waals surface area contributed by atoms with Crippen molar-refractivity contribution in [3.8, 4) is 11.6 Å². The molecule has 3 rings (SSSR count). The lowest BCUT2D eigenvalue weighted by atomic mass is 10.2. The van der Waals surface area contributed by atoms with Gasteiger partial charge < -0.3 is 10.1 Å². The molecule has 0 atom stereocenters. The molecule has 2 aromatic heterocycles. The van der Waals surface area contributed by atoms with E-state index in [-0.39, 0.29) is 0 Å². The number of hydrogen-bond donors (Lipinski definition) is 1. The van der Waals surface area contributed by atoms with Crippen LogP contribution in [0.1, 0.15) is 0 Å². The molecule has 0 aliphatic carbocycles. The maximum Gasteiger partial charge on any atom is 0.232 e. The van der Waals surface area contributed by atoms with Gasteiger partial charge in [0.15, 0.2) is 0 Å². The van der Waals surface area contributed by atoms with Gasteiger partial charge in [0.05, 0.1) is 17.1 Å². The normalized spacial score (nSPS) is 10.4. The van der Waals surface area contributed by atoms with E-state index in [1.54, 1.807) is 19.4 Å². The van der Waals surface area contributed by atoms with Crippen LogP contribution in [0.15, 0.2) is 48.8 Å². The quantitative estimate of drug-likeness (QED) is 0.776. The van der Waals surface area contributed by atoms with Gasteiger partial charge in [-0.1, -0.05) is 12.1 Å². The highest BCUT2D eigenvalue weighted by molar-refractivity contribution is 5.84. The zero-order chi connectivity index (χ0) is 13.1. The first-order valence-electron chi connectivity index (χ1n) is 5.89. The van der Waals surface area contributed by atoms with Crippen molar-refractivity contribution < 1.29 is 4.74 Å². The summed E-state index contributed by atoms with van der Waals surface area (Å²) in [5.41, 5.74) is 0.834. The van der Waals surface area contributed by atoms with E-state index in [2.05, 4.69) is 20.3 Å². The molecule has 0 spiro atoms. The fraction of sp³-hybridized carbons (Fsp3) is 0.0714. The minimum atomic E-state index is 0.517. The topological polar surface area (TPSA) is 59.9 Å². The van der Waals surface area contributed by atoms with Crippen LogP contribution in [-0.2, 0) is 0 Å². The Balaban J connectivity index is 2.11. The Bertz CT molecular complexity index is 700. The van der Waals surface area contributed by atoms with Crippen molar-refractivity contribution in [1.82, 2.24) is 15.0 Å². The van der Waals surface area contributed by atoms with Gasteiger partial charge in [0.1, 0.15) is 5.75 Å². The number of para-hydroxylation sites is 1. The molecule has 2 heterocycles. The van der Waals surface area contributed by atoms with Gasteiger partial charge in [-0.2, -0.15) is 4.98 Å². The standard InChI is InChI=1S/C14H12N4O/c1-15-14-17-12-7-3-2-6-11(12)13(18-14)19-10-5-4-8-16-9-10/h2-9H,1H3,(H,15,17,18). The van der Waals surface area contributed by atoms with Gasteiger partial charge in [-0.25, -0.2) is 4.98 Å². The third kappa shape index (κ3) is 2.30. The fourth-order valence-corrected chi connectivity index (χ4v) is 1.76. The van der Waals surface area contributed by atoms with E-state index in [1.807, 2.05) is 36.4 Å². The fourth-order valence-electron chi connectivity index (χ4n) is 1.76. The van der Waals surface area contributed by atoms with Crippen molar-refractivity contribution >= 4 is 16.9 Å². The molecule has 0 radical (unpaired) electrons. The van der Waals surface area contributed by atoms with Crippen LogP contribution in [0.5, 0.6) is 11.6 Å². The van der Waals surface area contributed by atoms with E-state index < -0.39 is 0 Å². The number of rotatable bonds is 3. The van der Waals surface area contributed by atoms with Gasteiger partial charge in [-0.3, -0.25) is 4.98 Å². The number of fused-ring (bicyclic) bond motifs is 1. The van der Waals surface area contributed by atoms with E-state index in [1.165, 1.54) is 0 Å². The van der Waals surface area contributed by atoms with Gasteiger partial charge in [-0.15, -0.1) is 0 Å². The Kier molecular flexibility index (Phi) is 2.94. The van der Waals surface area contributed by atoms with Crippen molar-refractivity contribution in [2.75, 3.05) is 12.4 Å². The number of anilines is 1. The van der Waals surface area contributed by atoms with Crippen molar-refractivity contribution in [2.45, 2.75) is 0 Å². The maximum absolute atomic E-state index is 5.78. The van der Waals surface area contributed by atoms with Crippen LogP contribution >= 0.6 is 0 Å². The maximum atomic E-state index is 5.78. The average Bonchev–Trinajstić information content (AvgIpc) is 2.48. The molecule has 3 aromatic rings. The SMILES string of the molecule is CNc1nc(Oc2cccnc2)c2ccccc2n1. The first-order chi connectivity index (χ1) is 9.36. The highest BCUT2D eigenvalue weighted by Gasteiger charge is 2.08. The number of nitrogens with one attached hydrogen (secondary N) is 1. The Labute approximate surface area is 110 Å². The zero-order valence-electron chi connectivity index (χ0n) is 10.4. The zero-order valence-corrected chi connectivity index (χ0v) is 10.4. The van der Waals surface area contributed by atoms with Gasteiger partial charge in [-0.05, 0) is 24.3 Å². The second-order valence-corrected chi connectivity index (χ2v) is 3.91. The summed E-state index contributed by atoms with van der Waals surface area (Å²) in [6, 6.07) is 11.4. The summed E-state index contributed by atoms with van der Waals surface area (Å²) in [5.74, 6) is 1.69. The predicted octanol–water partition coefficient (Wildman–Crippen LogP) is 2.86. The lowest BCUT2D eigenvalue weighted by molar-refractivity contribution is 0.467. The molecule has 0 saturated heterocycles. The second-order valence-electron chi connectivity index (χ2n) is 3.91. The van der Waals surface area contributed by atoms with Gasteiger partial charge in [0.2, 0.25) is 11.8 Å². The van der Waals surface area contributed by atoms with Crippen molar-refractivity contribution in [3.63, 3.8) is 0 Å². The lowest BCUT2D eigenvalue weighted by Crippen LogP contribution is -1.99. The van der Waals surface area contributed by atoms with E-state index in [9.17, 15) is 0 Å². The molecule has 5 heteroatoms. The molecule has 0 amide bonds. The molecule has 1 aromatic carbocycles. The lowest BCUT2D eigenvalue weighted by Gasteiger charge is -2.09. The number of hydrogen-bond acceptors (Lipinski definition) is 5. The van der Waals surface area contributed by atoms with Gasteiger partial charge in [0.25, 0.3) is 0 Å². The molecular weight excluding hydrogens is 240 g/mol. The third-order valence-electron chi connectivity index (χ3n) is 2.64. The molecule has 0 unspecified atom stereocenters. The minimum absolute atomic E-state index is 0.517. The monoisotopic (exact) mass is 252 g/mol. The molecule has 0 bridgehead atoms. The summed E-state index contributed by atoms with van der Waals surface area (Å²) in [5, 5.41) is 3.79. The molecular formula is C14H12N4O. The van der Waals surface area contributed by atoms with Gasteiger partial charge >= 0.3 is 0 Å². The molecule has 0 aliphatic rings. The molecule has 0 fully saturated rings. The average molecular weight is 252 g/mol. The summed E-state index contributed by atoms with van der Waals surface area (Å²) in [4.78, 5) is 12.7. The number of ether oxygens (including phenoxy) is 1. The largest absolute Gasteiger partial charge is 0.437 e. The summed E-state index contributed by atoms with van der Waals surface area (Å²) >= 11 is 0. The number of nitrogens with zero attached hydrogens (tertiary/aromatic N) is 3. The Morgan fingerprint density at radius 1 is 1.05 bits per heavy atom. The van der Waals surface area contributed by atoms with E-state index in [0.717, 1.165) is 10.9 Å². The summed E-state index contributed by atoms with van der Waals surface area (Å²) in [6.45, 7) is 0. The summed E-state index contributed by atoms with van der Waals surface area (Å²) < 4.78 is 5.78. The van der Waals surface area contributed by atoms with Crippen molar-refractivity contribution in [3.05, 3.63) is 48.8 Å². The Morgan fingerprint density at radius 2 is 1.95 bits per heavy atom. The second kappa shape index (κ2) is 4.89. The molecule has 19 heavy (non-hydrogen) atoms. The number of pyridine rings is 1. The first kappa shape index (κ1) is 11.4.